The minimum absolute atomic E-state index is 0.0752. The van der Waals surface area contributed by atoms with E-state index in [1.165, 1.54) is 12.1 Å². The molecule has 0 unspecified atom stereocenters. The number of ether oxygens (including phenoxy) is 1. The second-order valence-electron chi connectivity index (χ2n) is 6.28. The van der Waals surface area contributed by atoms with Crippen LogP contribution in [0.15, 0.2) is 71.1 Å². The molecule has 0 spiro atoms. The van der Waals surface area contributed by atoms with Crippen LogP contribution < -0.4 is 0 Å². The Balaban J connectivity index is 1.85. The summed E-state index contributed by atoms with van der Waals surface area (Å²) in [4.78, 5) is 0.0752. The third-order valence-corrected chi connectivity index (χ3v) is 5.28. The Kier molecular flexibility index (Phi) is 8.19. The van der Waals surface area contributed by atoms with Crippen LogP contribution in [0.2, 0.25) is 0 Å². The highest BCUT2D eigenvalue weighted by molar-refractivity contribution is 7.86. The van der Waals surface area contributed by atoms with Crippen molar-refractivity contribution < 1.29 is 22.4 Å². The first kappa shape index (κ1) is 21.3. The molecular weight excluding hydrogens is 364 g/mol. The highest BCUT2D eigenvalue weighted by Gasteiger charge is 2.16. The van der Waals surface area contributed by atoms with Crippen molar-refractivity contribution in [1.82, 2.24) is 0 Å². The van der Waals surface area contributed by atoms with Crippen LogP contribution in [-0.2, 0) is 25.6 Å². The SMILES string of the molecule is CC/C(=C\[C@H](O)COS(=O)(=O)c1ccc(C)cc1)COCc1ccccc1. The van der Waals surface area contributed by atoms with Gasteiger partial charge in [-0.1, -0.05) is 61.0 Å². The molecule has 27 heavy (non-hydrogen) atoms. The minimum Gasteiger partial charge on any atom is -0.387 e. The molecule has 6 heteroatoms. The van der Waals surface area contributed by atoms with Gasteiger partial charge in [0.15, 0.2) is 0 Å². The maximum absolute atomic E-state index is 12.2. The van der Waals surface area contributed by atoms with E-state index in [2.05, 4.69) is 0 Å². The third kappa shape index (κ3) is 7.27. The summed E-state index contributed by atoms with van der Waals surface area (Å²) in [6.07, 6.45) is 1.26. The normalized spacial score (nSPS) is 13.5. The Morgan fingerprint density at radius 1 is 1.11 bits per heavy atom. The summed E-state index contributed by atoms with van der Waals surface area (Å²) in [7, 11) is -3.89. The molecule has 0 saturated heterocycles. The summed E-state index contributed by atoms with van der Waals surface area (Å²) < 4.78 is 34.9. The van der Waals surface area contributed by atoms with E-state index in [1.54, 1.807) is 18.2 Å². The number of benzene rings is 2. The van der Waals surface area contributed by atoms with Crippen molar-refractivity contribution in [1.29, 1.82) is 0 Å². The van der Waals surface area contributed by atoms with Gasteiger partial charge in [0, 0.05) is 0 Å². The summed E-state index contributed by atoms with van der Waals surface area (Å²) in [6.45, 7) is 4.34. The number of hydrogen-bond donors (Lipinski definition) is 1. The predicted molar refractivity (Wildman–Crippen MR) is 105 cm³/mol. The van der Waals surface area contributed by atoms with Crippen LogP contribution in [0.5, 0.6) is 0 Å². The smallest absolute Gasteiger partial charge is 0.297 e. The number of rotatable bonds is 10. The van der Waals surface area contributed by atoms with Crippen LogP contribution in [0.25, 0.3) is 0 Å². The molecule has 0 aliphatic rings. The van der Waals surface area contributed by atoms with Crippen molar-refractivity contribution in [2.45, 2.75) is 37.9 Å². The largest absolute Gasteiger partial charge is 0.387 e. The molecule has 1 N–H and O–H groups in total. The van der Waals surface area contributed by atoms with Gasteiger partial charge in [0.25, 0.3) is 10.1 Å². The van der Waals surface area contributed by atoms with Gasteiger partial charge in [-0.05, 0) is 36.6 Å². The molecule has 0 radical (unpaired) electrons. The zero-order valence-corrected chi connectivity index (χ0v) is 16.5. The molecule has 5 nitrogen and oxygen atoms in total. The Bertz CT molecular complexity index is 827. The van der Waals surface area contributed by atoms with Crippen LogP contribution >= 0.6 is 0 Å². The lowest BCUT2D eigenvalue weighted by molar-refractivity contribution is 0.131. The Hall–Kier alpha value is -1.99. The van der Waals surface area contributed by atoms with E-state index in [1.807, 2.05) is 44.2 Å². The van der Waals surface area contributed by atoms with Crippen LogP contribution in [0.4, 0.5) is 0 Å². The zero-order valence-electron chi connectivity index (χ0n) is 15.7. The predicted octanol–water partition coefficient (Wildman–Crippen LogP) is 3.61. The topological polar surface area (TPSA) is 72.8 Å². The molecule has 0 bridgehead atoms. The molecule has 0 amide bonds. The number of aliphatic hydroxyl groups is 1. The van der Waals surface area contributed by atoms with E-state index >= 15 is 0 Å². The average molecular weight is 391 g/mol. The molecule has 2 aromatic rings. The standard InChI is InChI=1S/C21H26O5S/c1-3-18(14-25-15-19-7-5-4-6-8-19)13-20(22)16-26-27(23,24)21-11-9-17(2)10-12-21/h4-13,20,22H,3,14-16H2,1-2H3/b18-13+/t20-/m0/s1. The van der Waals surface area contributed by atoms with E-state index in [-0.39, 0.29) is 11.5 Å². The molecule has 0 fully saturated rings. The fraction of sp³-hybridized carbons (Fsp3) is 0.333. The highest BCUT2D eigenvalue weighted by atomic mass is 32.2. The Labute approximate surface area is 161 Å². The zero-order chi connectivity index (χ0) is 19.7. The quantitative estimate of drug-likeness (QED) is 0.496. The van der Waals surface area contributed by atoms with E-state index in [0.717, 1.165) is 16.7 Å². The second-order valence-corrected chi connectivity index (χ2v) is 7.89. The fourth-order valence-electron chi connectivity index (χ4n) is 2.39. The summed E-state index contributed by atoms with van der Waals surface area (Å²) in [5.74, 6) is 0. The van der Waals surface area contributed by atoms with Gasteiger partial charge in [0.05, 0.1) is 30.8 Å². The van der Waals surface area contributed by atoms with Gasteiger partial charge in [-0.25, -0.2) is 0 Å². The maximum atomic E-state index is 12.2. The molecule has 0 aliphatic carbocycles. The van der Waals surface area contributed by atoms with E-state index in [9.17, 15) is 13.5 Å². The van der Waals surface area contributed by atoms with Crippen molar-refractivity contribution in [3.63, 3.8) is 0 Å². The van der Waals surface area contributed by atoms with E-state index in [4.69, 9.17) is 8.92 Å². The van der Waals surface area contributed by atoms with E-state index in [0.29, 0.717) is 19.6 Å². The Morgan fingerprint density at radius 3 is 2.41 bits per heavy atom. The molecule has 2 rings (SSSR count). The van der Waals surface area contributed by atoms with Gasteiger partial charge < -0.3 is 9.84 Å². The lowest BCUT2D eigenvalue weighted by Crippen LogP contribution is -2.18. The summed E-state index contributed by atoms with van der Waals surface area (Å²) >= 11 is 0. The van der Waals surface area contributed by atoms with Gasteiger partial charge in [0.2, 0.25) is 0 Å². The van der Waals surface area contributed by atoms with Gasteiger partial charge in [0.1, 0.15) is 0 Å². The van der Waals surface area contributed by atoms with Crippen molar-refractivity contribution in [3.05, 3.63) is 77.4 Å². The minimum atomic E-state index is -3.89. The van der Waals surface area contributed by atoms with Gasteiger partial charge in [-0.15, -0.1) is 0 Å². The lowest BCUT2D eigenvalue weighted by atomic mass is 10.1. The van der Waals surface area contributed by atoms with Crippen LogP contribution in [0.1, 0.15) is 24.5 Å². The first-order chi connectivity index (χ1) is 12.9. The molecule has 1 atom stereocenters. The van der Waals surface area contributed by atoms with Gasteiger partial charge in [-0.3, -0.25) is 4.18 Å². The maximum Gasteiger partial charge on any atom is 0.297 e. The molecular formula is C21H26O5S. The molecule has 146 valence electrons. The highest BCUT2D eigenvalue weighted by Crippen LogP contribution is 2.14. The van der Waals surface area contributed by atoms with Crippen LogP contribution in [0.3, 0.4) is 0 Å². The monoisotopic (exact) mass is 390 g/mol. The van der Waals surface area contributed by atoms with Gasteiger partial charge in [-0.2, -0.15) is 8.42 Å². The molecule has 0 saturated carbocycles. The molecule has 2 aromatic carbocycles. The molecule has 0 aliphatic heterocycles. The third-order valence-electron chi connectivity index (χ3n) is 3.98. The molecule has 0 aromatic heterocycles. The van der Waals surface area contributed by atoms with Crippen molar-refractivity contribution >= 4 is 10.1 Å². The number of hydrogen-bond acceptors (Lipinski definition) is 5. The summed E-state index contributed by atoms with van der Waals surface area (Å²) in [5, 5.41) is 10.1. The first-order valence-corrected chi connectivity index (χ1v) is 10.3. The van der Waals surface area contributed by atoms with Gasteiger partial charge >= 0.3 is 0 Å². The number of aryl methyl sites for hydroxylation is 1. The second kappa shape index (κ2) is 10.4. The summed E-state index contributed by atoms with van der Waals surface area (Å²) in [5.41, 5.74) is 2.91. The molecule has 0 heterocycles. The Morgan fingerprint density at radius 2 is 1.78 bits per heavy atom. The van der Waals surface area contributed by atoms with Crippen LogP contribution in [-0.4, -0.2) is 32.8 Å². The van der Waals surface area contributed by atoms with Crippen molar-refractivity contribution in [2.75, 3.05) is 13.2 Å². The van der Waals surface area contributed by atoms with Crippen LogP contribution in [0, 0.1) is 6.92 Å². The van der Waals surface area contributed by atoms with Crippen molar-refractivity contribution in [2.24, 2.45) is 0 Å². The fourth-order valence-corrected chi connectivity index (χ4v) is 3.32. The summed E-state index contributed by atoms with van der Waals surface area (Å²) in [6, 6.07) is 16.2. The number of aliphatic hydroxyl groups excluding tert-OH is 1. The van der Waals surface area contributed by atoms with E-state index < -0.39 is 16.2 Å². The first-order valence-electron chi connectivity index (χ1n) is 8.86. The lowest BCUT2D eigenvalue weighted by Gasteiger charge is -2.12. The average Bonchev–Trinajstić information content (AvgIpc) is 2.67. The van der Waals surface area contributed by atoms with Crippen molar-refractivity contribution in [3.8, 4) is 0 Å².